The lowest BCUT2D eigenvalue weighted by atomic mass is 10.2. The Balaban J connectivity index is 0. The molecule has 0 unspecified atom stereocenters. The zero-order chi connectivity index (χ0) is 10.7. The van der Waals surface area contributed by atoms with Crippen LogP contribution in [0.25, 0.3) is 0 Å². The summed E-state index contributed by atoms with van der Waals surface area (Å²) in [6.45, 7) is 3.93. The number of rotatable bonds is 5. The average Bonchev–Trinajstić information content (AvgIpc) is 1.99. The molecular weight excluding hydrogens is 192 g/mol. The molecule has 0 bridgehead atoms. The Hall–Kier alpha value is -0.130. The quantitative estimate of drug-likeness (QED) is 0.534. The van der Waals surface area contributed by atoms with Gasteiger partial charge in [-0.25, -0.2) is 0 Å². The summed E-state index contributed by atoms with van der Waals surface area (Å²) in [5.74, 6) is -0.576. The summed E-state index contributed by atoms with van der Waals surface area (Å²) >= 11 is 0. The second-order valence-corrected chi connectivity index (χ2v) is 4.29. The van der Waals surface area contributed by atoms with Gasteiger partial charge in [-0.1, -0.05) is 39.5 Å². The van der Waals surface area contributed by atoms with Crippen LogP contribution in [-0.2, 0) is 10.1 Å². The molecule has 0 saturated heterocycles. The van der Waals surface area contributed by atoms with Crippen LogP contribution in [0.3, 0.4) is 0 Å². The van der Waals surface area contributed by atoms with Crippen LogP contribution in [0.5, 0.6) is 0 Å². The molecule has 0 amide bonds. The first-order valence-electron chi connectivity index (χ1n) is 4.54. The van der Waals surface area contributed by atoms with Crippen LogP contribution in [0.15, 0.2) is 0 Å². The van der Waals surface area contributed by atoms with Gasteiger partial charge in [-0.05, 0) is 0 Å². The monoisotopic (exact) mass is 212 g/mol. The first-order chi connectivity index (χ1) is 5.97. The number of aliphatic hydroxyl groups is 1. The highest BCUT2D eigenvalue weighted by atomic mass is 32.2. The second-order valence-electron chi connectivity index (χ2n) is 2.72. The average molecular weight is 212 g/mol. The molecule has 0 aliphatic carbocycles. The van der Waals surface area contributed by atoms with Crippen molar-refractivity contribution in [2.75, 3.05) is 12.4 Å². The van der Waals surface area contributed by atoms with E-state index in [2.05, 4.69) is 13.8 Å². The van der Waals surface area contributed by atoms with Gasteiger partial charge in [-0.3, -0.25) is 4.55 Å². The molecule has 0 aromatic carbocycles. The first kappa shape index (κ1) is 15.3. The van der Waals surface area contributed by atoms with Gasteiger partial charge in [0.1, 0.15) is 0 Å². The predicted octanol–water partition coefficient (Wildman–Crippen LogP) is 1.45. The predicted molar refractivity (Wildman–Crippen MR) is 53.3 cm³/mol. The minimum Gasteiger partial charge on any atom is -0.395 e. The van der Waals surface area contributed by atoms with Crippen molar-refractivity contribution >= 4 is 10.1 Å². The molecule has 0 rings (SSSR count). The summed E-state index contributed by atoms with van der Waals surface area (Å²) in [5, 5.41) is 7.86. The molecular formula is C8H20O4S. The summed E-state index contributed by atoms with van der Waals surface area (Å²) < 4.78 is 27.1. The maximum absolute atomic E-state index is 9.63. The van der Waals surface area contributed by atoms with Crippen LogP contribution in [-0.4, -0.2) is 30.4 Å². The van der Waals surface area contributed by atoms with Crippen molar-refractivity contribution in [2.45, 2.75) is 39.5 Å². The molecule has 13 heavy (non-hydrogen) atoms. The van der Waals surface area contributed by atoms with Crippen molar-refractivity contribution < 1.29 is 18.1 Å². The summed E-state index contributed by atoms with van der Waals surface area (Å²) in [7, 11) is -3.92. The molecule has 2 N–H and O–H groups in total. The third-order valence-corrected chi connectivity index (χ3v) is 2.00. The Bertz CT molecular complexity index is 171. The minimum atomic E-state index is -3.92. The Morgan fingerprint density at radius 3 is 1.54 bits per heavy atom. The summed E-state index contributed by atoms with van der Waals surface area (Å²) in [5.41, 5.74) is 0. The van der Waals surface area contributed by atoms with Gasteiger partial charge >= 0.3 is 0 Å². The van der Waals surface area contributed by atoms with Crippen molar-refractivity contribution in [1.29, 1.82) is 0 Å². The molecule has 82 valence electrons. The highest BCUT2D eigenvalue weighted by Gasteiger charge is 1.99. The summed E-state index contributed by atoms with van der Waals surface area (Å²) in [6, 6.07) is 0. The van der Waals surface area contributed by atoms with Gasteiger partial charge < -0.3 is 5.11 Å². The first-order valence-corrected chi connectivity index (χ1v) is 6.14. The van der Waals surface area contributed by atoms with Gasteiger partial charge in [0.05, 0.1) is 12.4 Å². The van der Waals surface area contributed by atoms with E-state index in [1.807, 2.05) is 0 Å². The lowest BCUT2D eigenvalue weighted by molar-refractivity contribution is 0.315. The van der Waals surface area contributed by atoms with Gasteiger partial charge in [0.15, 0.2) is 0 Å². The fraction of sp³-hybridized carbons (Fsp3) is 1.00. The molecule has 0 fully saturated rings. The highest BCUT2D eigenvalue weighted by molar-refractivity contribution is 7.85. The van der Waals surface area contributed by atoms with Crippen molar-refractivity contribution in [3.63, 3.8) is 0 Å². The number of hydrogen-bond donors (Lipinski definition) is 2. The second kappa shape index (κ2) is 9.95. The Kier molecular flexibility index (Phi) is 11.8. The molecule has 0 aliphatic rings. The number of aliphatic hydroxyl groups excluding tert-OH is 1. The van der Waals surface area contributed by atoms with Crippen LogP contribution in [0.1, 0.15) is 39.5 Å². The molecule has 0 aliphatic heterocycles. The van der Waals surface area contributed by atoms with E-state index in [-0.39, 0.29) is 0 Å². The number of hydrogen-bond acceptors (Lipinski definition) is 3. The molecule has 0 aromatic heterocycles. The SMILES string of the molecule is CCCCCC.O=S(=O)(O)CCO. The third kappa shape index (κ3) is 24.5. The van der Waals surface area contributed by atoms with E-state index in [0.29, 0.717) is 0 Å². The standard InChI is InChI=1S/C6H14.C2H6O4S/c1-3-5-6-4-2;3-1-2-7(4,5)6/h3-6H2,1-2H3;3H,1-2H2,(H,4,5,6). The lowest BCUT2D eigenvalue weighted by Gasteiger charge is -1.86. The van der Waals surface area contributed by atoms with E-state index in [1.54, 1.807) is 0 Å². The minimum absolute atomic E-state index is 0.529. The smallest absolute Gasteiger partial charge is 0.267 e. The lowest BCUT2D eigenvalue weighted by Crippen LogP contribution is -2.06. The Labute approximate surface area is 80.7 Å². The molecule has 0 atom stereocenters. The van der Waals surface area contributed by atoms with Gasteiger partial charge in [-0.2, -0.15) is 8.42 Å². The van der Waals surface area contributed by atoms with Crippen LogP contribution >= 0.6 is 0 Å². The van der Waals surface area contributed by atoms with E-state index < -0.39 is 22.5 Å². The van der Waals surface area contributed by atoms with Crippen LogP contribution in [0.4, 0.5) is 0 Å². The zero-order valence-electron chi connectivity index (χ0n) is 8.36. The number of unbranched alkanes of at least 4 members (excludes halogenated alkanes) is 3. The van der Waals surface area contributed by atoms with E-state index in [4.69, 9.17) is 9.66 Å². The van der Waals surface area contributed by atoms with Crippen molar-refractivity contribution in [2.24, 2.45) is 0 Å². The van der Waals surface area contributed by atoms with Crippen molar-refractivity contribution in [3.8, 4) is 0 Å². The molecule has 0 spiro atoms. The topological polar surface area (TPSA) is 74.6 Å². The van der Waals surface area contributed by atoms with E-state index in [9.17, 15) is 8.42 Å². The highest BCUT2D eigenvalue weighted by Crippen LogP contribution is 1.95. The van der Waals surface area contributed by atoms with Gasteiger partial charge in [-0.15, -0.1) is 0 Å². The van der Waals surface area contributed by atoms with Crippen molar-refractivity contribution in [3.05, 3.63) is 0 Å². The zero-order valence-corrected chi connectivity index (χ0v) is 9.18. The Morgan fingerprint density at radius 2 is 1.46 bits per heavy atom. The molecule has 0 radical (unpaired) electrons. The fourth-order valence-corrected chi connectivity index (χ4v) is 0.846. The fourth-order valence-electron chi connectivity index (χ4n) is 0.615. The van der Waals surface area contributed by atoms with E-state index in [1.165, 1.54) is 25.7 Å². The summed E-state index contributed by atoms with van der Waals surface area (Å²) in [4.78, 5) is 0. The Morgan fingerprint density at radius 1 is 1.08 bits per heavy atom. The largest absolute Gasteiger partial charge is 0.395 e. The van der Waals surface area contributed by atoms with Gasteiger partial charge in [0.25, 0.3) is 10.1 Å². The van der Waals surface area contributed by atoms with Gasteiger partial charge in [0, 0.05) is 0 Å². The van der Waals surface area contributed by atoms with Crippen LogP contribution in [0.2, 0.25) is 0 Å². The van der Waals surface area contributed by atoms with Gasteiger partial charge in [0.2, 0.25) is 0 Å². The van der Waals surface area contributed by atoms with E-state index in [0.717, 1.165) is 0 Å². The molecule has 0 heterocycles. The third-order valence-electron chi connectivity index (χ3n) is 1.31. The van der Waals surface area contributed by atoms with Crippen LogP contribution in [0, 0.1) is 0 Å². The normalized spacial score (nSPS) is 10.5. The maximum atomic E-state index is 9.63. The molecule has 0 aromatic rings. The summed E-state index contributed by atoms with van der Waals surface area (Å²) in [6.07, 6.45) is 5.54. The van der Waals surface area contributed by atoms with Crippen LogP contribution < -0.4 is 0 Å². The molecule has 5 heteroatoms. The molecule has 4 nitrogen and oxygen atoms in total. The molecule has 0 saturated carbocycles. The maximum Gasteiger partial charge on any atom is 0.267 e. The van der Waals surface area contributed by atoms with Crippen molar-refractivity contribution in [1.82, 2.24) is 0 Å². The van der Waals surface area contributed by atoms with E-state index >= 15 is 0 Å².